The van der Waals surface area contributed by atoms with Crippen molar-refractivity contribution in [3.63, 3.8) is 0 Å². The third-order valence-electron chi connectivity index (χ3n) is 6.07. The Hall–Kier alpha value is -3.68. The van der Waals surface area contributed by atoms with Gasteiger partial charge in [0, 0.05) is 24.9 Å². The van der Waals surface area contributed by atoms with Crippen molar-refractivity contribution >= 4 is 29.7 Å². The summed E-state index contributed by atoms with van der Waals surface area (Å²) < 4.78 is 0. The van der Waals surface area contributed by atoms with E-state index in [0.29, 0.717) is 25.0 Å². The van der Waals surface area contributed by atoms with E-state index in [4.69, 9.17) is 17.2 Å². The molecule has 1 aromatic rings. The van der Waals surface area contributed by atoms with Gasteiger partial charge in [0.15, 0.2) is 5.96 Å². The predicted octanol–water partition coefficient (Wildman–Crippen LogP) is -1.04. The Morgan fingerprint density at radius 2 is 1.63 bits per heavy atom. The van der Waals surface area contributed by atoms with Crippen molar-refractivity contribution in [2.24, 2.45) is 34.0 Å². The number of rotatable bonds is 17. The van der Waals surface area contributed by atoms with E-state index in [0.717, 1.165) is 0 Å². The molecule has 1 aromatic heterocycles. The van der Waals surface area contributed by atoms with E-state index >= 15 is 0 Å². The Morgan fingerprint density at radius 3 is 2.16 bits per heavy atom. The number of guanidine groups is 1. The Kier molecular flexibility index (Phi) is 13.8. The molecule has 0 aliphatic rings. The van der Waals surface area contributed by atoms with E-state index in [2.05, 4.69) is 30.9 Å². The number of carboxylic acid groups (broad SMARTS) is 1. The van der Waals surface area contributed by atoms with Gasteiger partial charge in [-0.2, -0.15) is 0 Å². The highest BCUT2D eigenvalue weighted by atomic mass is 16.4. The quantitative estimate of drug-likeness (QED) is 0.0686. The van der Waals surface area contributed by atoms with Crippen molar-refractivity contribution in [1.82, 2.24) is 25.9 Å². The summed E-state index contributed by atoms with van der Waals surface area (Å²) in [5, 5.41) is 17.5. The van der Waals surface area contributed by atoms with Gasteiger partial charge < -0.3 is 43.2 Å². The van der Waals surface area contributed by atoms with Crippen LogP contribution >= 0.6 is 0 Å². The number of imidazole rings is 1. The molecule has 0 aliphatic carbocycles. The number of hydrogen-bond acceptors (Lipinski definition) is 7. The molecule has 0 bridgehead atoms. The minimum absolute atomic E-state index is 0.0325. The lowest BCUT2D eigenvalue weighted by atomic mass is 9.97. The predicted molar refractivity (Wildman–Crippen MR) is 143 cm³/mol. The van der Waals surface area contributed by atoms with Crippen LogP contribution in [0.15, 0.2) is 17.5 Å². The Morgan fingerprint density at radius 1 is 1.03 bits per heavy atom. The number of nitrogens with two attached hydrogens (primary N) is 3. The van der Waals surface area contributed by atoms with Crippen LogP contribution in [0.1, 0.15) is 59.1 Å². The largest absolute Gasteiger partial charge is 0.480 e. The number of aromatic nitrogens is 2. The number of carbonyl (C=O) groups is 4. The minimum Gasteiger partial charge on any atom is -0.480 e. The number of nitrogens with one attached hydrogen (secondary N) is 4. The van der Waals surface area contributed by atoms with Crippen LogP contribution in [0.4, 0.5) is 0 Å². The molecule has 0 fully saturated rings. The standard InChI is InChI=1S/C24H43N9O5/c1-5-14(4)19(25)22(36)32-17(9-13(2)3)21(35)31-16(7-6-8-29-24(26)27)20(34)33-18(23(37)38)10-15-11-28-12-30-15/h11-14,16-19H,5-10,25H2,1-4H3,(H,28,30)(H,31,35)(H,32,36)(H,33,34)(H,37,38)(H4,26,27,29). The van der Waals surface area contributed by atoms with Crippen LogP contribution in [0.3, 0.4) is 0 Å². The van der Waals surface area contributed by atoms with Crippen LogP contribution in [-0.2, 0) is 25.6 Å². The number of nitrogens with zero attached hydrogens (tertiary/aromatic N) is 2. The van der Waals surface area contributed by atoms with Gasteiger partial charge in [-0.05, 0) is 31.1 Å². The second-order valence-corrected chi connectivity index (χ2v) is 9.79. The van der Waals surface area contributed by atoms with Gasteiger partial charge >= 0.3 is 5.97 Å². The molecule has 5 atom stereocenters. The van der Waals surface area contributed by atoms with Crippen molar-refractivity contribution in [2.75, 3.05) is 6.54 Å². The third-order valence-corrected chi connectivity index (χ3v) is 6.07. The first-order valence-electron chi connectivity index (χ1n) is 12.8. The summed E-state index contributed by atoms with van der Waals surface area (Å²) in [4.78, 5) is 61.4. The average molecular weight is 538 g/mol. The molecule has 0 spiro atoms. The van der Waals surface area contributed by atoms with Crippen LogP contribution in [-0.4, -0.2) is 75.4 Å². The second-order valence-electron chi connectivity index (χ2n) is 9.79. The van der Waals surface area contributed by atoms with E-state index in [1.54, 1.807) is 0 Å². The average Bonchev–Trinajstić information content (AvgIpc) is 3.36. The fourth-order valence-electron chi connectivity index (χ4n) is 3.62. The van der Waals surface area contributed by atoms with Crippen LogP contribution in [0.2, 0.25) is 0 Å². The maximum atomic E-state index is 13.3. The van der Waals surface area contributed by atoms with Gasteiger partial charge in [-0.3, -0.25) is 19.4 Å². The fraction of sp³-hybridized carbons (Fsp3) is 0.667. The molecule has 1 heterocycles. The van der Waals surface area contributed by atoms with E-state index < -0.39 is 47.9 Å². The van der Waals surface area contributed by atoms with Gasteiger partial charge in [0.2, 0.25) is 17.7 Å². The molecule has 38 heavy (non-hydrogen) atoms. The summed E-state index contributed by atoms with van der Waals surface area (Å²) in [6, 6.07) is -4.10. The first kappa shape index (κ1) is 32.3. The monoisotopic (exact) mass is 537 g/mol. The molecular weight excluding hydrogens is 494 g/mol. The summed E-state index contributed by atoms with van der Waals surface area (Å²) in [7, 11) is 0. The van der Waals surface area contributed by atoms with Gasteiger partial charge in [0.25, 0.3) is 0 Å². The first-order valence-corrected chi connectivity index (χ1v) is 12.8. The fourth-order valence-corrected chi connectivity index (χ4v) is 3.62. The SMILES string of the molecule is CCC(C)C(N)C(=O)NC(CC(C)C)C(=O)NC(CCCN=C(N)N)C(=O)NC(Cc1cnc[nH]1)C(=O)O. The van der Waals surface area contributed by atoms with Gasteiger partial charge in [-0.15, -0.1) is 0 Å². The lowest BCUT2D eigenvalue weighted by Gasteiger charge is -2.27. The molecule has 5 unspecified atom stereocenters. The van der Waals surface area contributed by atoms with Gasteiger partial charge in [0.05, 0.1) is 12.4 Å². The summed E-state index contributed by atoms with van der Waals surface area (Å²) in [6.07, 6.45) is 4.28. The molecule has 14 heteroatoms. The van der Waals surface area contributed by atoms with E-state index in [1.165, 1.54) is 12.5 Å². The highest BCUT2D eigenvalue weighted by Crippen LogP contribution is 2.10. The zero-order valence-electron chi connectivity index (χ0n) is 22.6. The number of amides is 3. The van der Waals surface area contributed by atoms with E-state index in [-0.39, 0.29) is 37.2 Å². The van der Waals surface area contributed by atoms with Crippen LogP contribution in [0, 0.1) is 11.8 Å². The van der Waals surface area contributed by atoms with Crippen molar-refractivity contribution in [3.05, 3.63) is 18.2 Å². The van der Waals surface area contributed by atoms with Gasteiger partial charge in [-0.25, -0.2) is 9.78 Å². The van der Waals surface area contributed by atoms with Crippen molar-refractivity contribution < 1.29 is 24.3 Å². The number of carbonyl (C=O) groups excluding carboxylic acids is 3. The molecule has 3 amide bonds. The minimum atomic E-state index is -1.26. The van der Waals surface area contributed by atoms with Crippen LogP contribution < -0.4 is 33.2 Å². The van der Waals surface area contributed by atoms with Gasteiger partial charge in [0.1, 0.15) is 18.1 Å². The number of carboxylic acids is 1. The maximum Gasteiger partial charge on any atom is 0.326 e. The van der Waals surface area contributed by atoms with Crippen molar-refractivity contribution in [2.45, 2.75) is 84.0 Å². The van der Waals surface area contributed by atoms with Crippen molar-refractivity contribution in [3.8, 4) is 0 Å². The molecular formula is C24H43N9O5. The third kappa shape index (κ3) is 11.6. The molecule has 0 radical (unpaired) electrons. The molecule has 0 aliphatic heterocycles. The zero-order valence-corrected chi connectivity index (χ0v) is 22.6. The zero-order chi connectivity index (χ0) is 28.8. The highest BCUT2D eigenvalue weighted by Gasteiger charge is 2.31. The lowest BCUT2D eigenvalue weighted by molar-refractivity contribution is -0.142. The smallest absolute Gasteiger partial charge is 0.326 e. The summed E-state index contributed by atoms with van der Waals surface area (Å²) in [5.41, 5.74) is 17.3. The summed E-state index contributed by atoms with van der Waals surface area (Å²) in [6.45, 7) is 7.76. The molecule has 214 valence electrons. The number of aliphatic imine (C=N–C) groups is 1. The van der Waals surface area contributed by atoms with E-state index in [1.807, 2.05) is 27.7 Å². The number of aromatic amines is 1. The molecule has 14 nitrogen and oxygen atoms in total. The molecule has 0 saturated carbocycles. The normalized spacial score (nSPS) is 15.0. The molecule has 0 saturated heterocycles. The topological polar surface area (TPSA) is 244 Å². The summed E-state index contributed by atoms with van der Waals surface area (Å²) >= 11 is 0. The maximum absolute atomic E-state index is 13.3. The Balaban J connectivity index is 3.06. The number of H-pyrrole nitrogens is 1. The highest BCUT2D eigenvalue weighted by molar-refractivity contribution is 5.94. The first-order chi connectivity index (χ1) is 17.8. The van der Waals surface area contributed by atoms with Crippen LogP contribution in [0.5, 0.6) is 0 Å². The Labute approximate surface area is 223 Å². The van der Waals surface area contributed by atoms with Crippen LogP contribution in [0.25, 0.3) is 0 Å². The number of hydrogen-bond donors (Lipinski definition) is 8. The Bertz CT molecular complexity index is 932. The van der Waals surface area contributed by atoms with Gasteiger partial charge in [-0.1, -0.05) is 34.1 Å². The number of aliphatic carboxylic acids is 1. The molecule has 0 aromatic carbocycles. The van der Waals surface area contributed by atoms with Crippen molar-refractivity contribution in [1.29, 1.82) is 0 Å². The molecule has 11 N–H and O–H groups in total. The summed E-state index contributed by atoms with van der Waals surface area (Å²) in [5.74, 6) is -3.13. The van der Waals surface area contributed by atoms with E-state index in [9.17, 15) is 24.3 Å². The lowest BCUT2D eigenvalue weighted by Crippen LogP contribution is -2.58. The molecule has 1 rings (SSSR count). The second kappa shape index (κ2) is 16.2.